The number of hydrogen-bond acceptors (Lipinski definition) is 7. The first-order valence-electron chi connectivity index (χ1n) is 8.58. The number of nitrogens with one attached hydrogen (secondary N) is 1. The van der Waals surface area contributed by atoms with Crippen molar-refractivity contribution in [3.05, 3.63) is 11.0 Å². The molecule has 1 aliphatic carbocycles. The molecule has 0 amide bonds. The van der Waals surface area contributed by atoms with Gasteiger partial charge in [-0.25, -0.2) is 9.97 Å². The summed E-state index contributed by atoms with van der Waals surface area (Å²) in [7, 11) is 0. The minimum atomic E-state index is 0.288. The number of hydrogen-bond donors (Lipinski definition) is 1. The molecule has 1 saturated carbocycles. The molecule has 2 fully saturated rings. The fourth-order valence-corrected chi connectivity index (χ4v) is 4.79. The maximum absolute atomic E-state index is 6.07. The molecule has 2 aromatic heterocycles. The second-order valence-corrected chi connectivity index (χ2v) is 7.68. The van der Waals surface area contributed by atoms with Crippen LogP contribution in [0.15, 0.2) is 0 Å². The van der Waals surface area contributed by atoms with Crippen LogP contribution in [0.1, 0.15) is 31.4 Å². The van der Waals surface area contributed by atoms with Crippen LogP contribution in [-0.4, -0.2) is 57.6 Å². The van der Waals surface area contributed by atoms with Crippen LogP contribution in [0.3, 0.4) is 0 Å². The summed E-state index contributed by atoms with van der Waals surface area (Å²) in [5.41, 5.74) is 0.969. The molecule has 0 aromatic carbocycles. The average Bonchev–Trinajstić information content (AvgIpc) is 2.97. The van der Waals surface area contributed by atoms with Crippen LogP contribution in [0.2, 0.25) is 5.28 Å². The SMILES string of the molecule is Cc1nsc2nc(Cl)nc(NC3CCC(N4CCOCC4)CC3)c12. The number of aryl methyl sites for hydroxylation is 1. The Balaban J connectivity index is 1.43. The van der Waals surface area contributed by atoms with Crippen molar-refractivity contribution >= 4 is 39.2 Å². The van der Waals surface area contributed by atoms with E-state index >= 15 is 0 Å². The maximum Gasteiger partial charge on any atom is 0.225 e. The molecule has 130 valence electrons. The molecule has 0 radical (unpaired) electrons. The van der Waals surface area contributed by atoms with Gasteiger partial charge in [-0.15, -0.1) is 0 Å². The van der Waals surface area contributed by atoms with E-state index in [9.17, 15) is 0 Å². The average molecular weight is 368 g/mol. The van der Waals surface area contributed by atoms with E-state index in [4.69, 9.17) is 16.3 Å². The quantitative estimate of drug-likeness (QED) is 0.841. The molecule has 24 heavy (non-hydrogen) atoms. The van der Waals surface area contributed by atoms with Gasteiger partial charge in [-0.2, -0.15) is 4.37 Å². The van der Waals surface area contributed by atoms with Gasteiger partial charge in [0.1, 0.15) is 5.82 Å². The van der Waals surface area contributed by atoms with Crippen molar-refractivity contribution in [2.75, 3.05) is 31.6 Å². The number of morpholine rings is 1. The van der Waals surface area contributed by atoms with Crippen molar-refractivity contribution in [3.8, 4) is 0 Å². The Bertz CT molecular complexity index is 710. The highest BCUT2D eigenvalue weighted by Crippen LogP contribution is 2.31. The predicted molar refractivity (Wildman–Crippen MR) is 97.0 cm³/mol. The van der Waals surface area contributed by atoms with Crippen LogP contribution in [0, 0.1) is 6.92 Å². The second-order valence-electron chi connectivity index (χ2n) is 6.59. The summed E-state index contributed by atoms with van der Waals surface area (Å²) in [6.45, 7) is 5.89. The summed E-state index contributed by atoms with van der Waals surface area (Å²) in [5, 5.41) is 4.90. The zero-order valence-corrected chi connectivity index (χ0v) is 15.4. The Hall–Kier alpha value is -1.02. The second kappa shape index (κ2) is 7.07. The minimum Gasteiger partial charge on any atom is -0.379 e. The van der Waals surface area contributed by atoms with E-state index in [0.29, 0.717) is 12.1 Å². The zero-order chi connectivity index (χ0) is 16.5. The van der Waals surface area contributed by atoms with Crippen LogP contribution in [0.5, 0.6) is 0 Å². The van der Waals surface area contributed by atoms with E-state index in [2.05, 4.69) is 24.6 Å². The van der Waals surface area contributed by atoms with Crippen LogP contribution in [0.25, 0.3) is 10.2 Å². The number of nitrogens with zero attached hydrogens (tertiary/aromatic N) is 4. The van der Waals surface area contributed by atoms with Gasteiger partial charge in [-0.3, -0.25) is 4.90 Å². The normalized spacial score (nSPS) is 25.9. The Kier molecular flexibility index (Phi) is 4.85. The molecule has 8 heteroatoms. The summed E-state index contributed by atoms with van der Waals surface area (Å²) >= 11 is 7.45. The predicted octanol–water partition coefficient (Wildman–Crippen LogP) is 3.10. The van der Waals surface area contributed by atoms with Crippen molar-refractivity contribution < 1.29 is 4.74 Å². The molecule has 4 rings (SSSR count). The smallest absolute Gasteiger partial charge is 0.225 e. The summed E-state index contributed by atoms with van der Waals surface area (Å²) in [4.78, 5) is 12.1. The van der Waals surface area contributed by atoms with E-state index in [1.165, 1.54) is 24.4 Å². The monoisotopic (exact) mass is 367 g/mol. The van der Waals surface area contributed by atoms with Crippen LogP contribution < -0.4 is 5.32 Å². The van der Waals surface area contributed by atoms with Gasteiger partial charge in [-0.05, 0) is 55.7 Å². The van der Waals surface area contributed by atoms with Gasteiger partial charge < -0.3 is 10.1 Å². The first-order valence-corrected chi connectivity index (χ1v) is 9.73. The highest BCUT2D eigenvalue weighted by atomic mass is 35.5. The summed E-state index contributed by atoms with van der Waals surface area (Å²) in [5.74, 6) is 0.839. The van der Waals surface area contributed by atoms with Crippen molar-refractivity contribution in [3.63, 3.8) is 0 Å². The fraction of sp³-hybridized carbons (Fsp3) is 0.688. The number of ether oxygens (including phenoxy) is 1. The topological polar surface area (TPSA) is 63.2 Å². The molecule has 1 N–H and O–H groups in total. The third kappa shape index (κ3) is 3.35. The largest absolute Gasteiger partial charge is 0.379 e. The minimum absolute atomic E-state index is 0.288. The Labute approximate surface area is 150 Å². The molecule has 6 nitrogen and oxygen atoms in total. The van der Waals surface area contributed by atoms with Gasteiger partial charge in [0.15, 0.2) is 4.83 Å². The molecule has 1 aliphatic heterocycles. The molecule has 0 unspecified atom stereocenters. The Morgan fingerprint density at radius 3 is 2.67 bits per heavy atom. The van der Waals surface area contributed by atoms with Crippen molar-refractivity contribution in [2.24, 2.45) is 0 Å². The number of rotatable bonds is 3. The Morgan fingerprint density at radius 1 is 1.17 bits per heavy atom. The third-order valence-corrected chi connectivity index (χ3v) is 6.08. The van der Waals surface area contributed by atoms with Gasteiger partial charge in [0.25, 0.3) is 0 Å². The van der Waals surface area contributed by atoms with Crippen molar-refractivity contribution in [1.29, 1.82) is 0 Å². The molecule has 2 aliphatic rings. The highest BCUT2D eigenvalue weighted by molar-refractivity contribution is 7.13. The molecular formula is C16H22ClN5OS. The van der Waals surface area contributed by atoms with E-state index in [1.54, 1.807) is 0 Å². The molecule has 0 spiro atoms. The van der Waals surface area contributed by atoms with E-state index < -0.39 is 0 Å². The lowest BCUT2D eigenvalue weighted by molar-refractivity contribution is 0.00791. The molecule has 0 atom stereocenters. The van der Waals surface area contributed by atoms with Gasteiger partial charge in [-0.1, -0.05) is 0 Å². The number of halogens is 1. The summed E-state index contributed by atoms with van der Waals surface area (Å²) in [6.07, 6.45) is 4.75. The van der Waals surface area contributed by atoms with Crippen molar-refractivity contribution in [2.45, 2.75) is 44.7 Å². The zero-order valence-electron chi connectivity index (χ0n) is 13.8. The van der Waals surface area contributed by atoms with Gasteiger partial charge in [0, 0.05) is 25.2 Å². The first-order chi connectivity index (χ1) is 11.7. The van der Waals surface area contributed by atoms with Crippen LogP contribution >= 0.6 is 23.1 Å². The van der Waals surface area contributed by atoms with Crippen LogP contribution in [-0.2, 0) is 4.74 Å². The standard InChI is InChI=1S/C16H22ClN5OS/c1-10-13-14(19-16(17)20-15(13)24-21-10)18-11-2-4-12(5-3-11)22-6-8-23-9-7-22/h11-12H,2-9H2,1H3,(H,18,19,20). The summed E-state index contributed by atoms with van der Waals surface area (Å²) < 4.78 is 9.85. The van der Waals surface area contributed by atoms with Gasteiger partial charge in [0.05, 0.1) is 24.3 Å². The van der Waals surface area contributed by atoms with Gasteiger partial charge >= 0.3 is 0 Å². The van der Waals surface area contributed by atoms with Crippen LogP contribution in [0.4, 0.5) is 5.82 Å². The van der Waals surface area contributed by atoms with E-state index in [1.807, 2.05) is 6.92 Å². The van der Waals surface area contributed by atoms with Gasteiger partial charge in [0.2, 0.25) is 5.28 Å². The lowest BCUT2D eigenvalue weighted by Gasteiger charge is -2.39. The fourth-order valence-electron chi connectivity index (χ4n) is 3.79. The first kappa shape index (κ1) is 16.4. The van der Waals surface area contributed by atoms with E-state index in [0.717, 1.165) is 60.9 Å². The molecular weight excluding hydrogens is 346 g/mol. The molecule has 1 saturated heterocycles. The molecule has 2 aromatic rings. The highest BCUT2D eigenvalue weighted by Gasteiger charge is 2.27. The third-order valence-electron chi connectivity index (χ3n) is 5.08. The molecule has 0 bridgehead atoms. The maximum atomic E-state index is 6.07. The number of aromatic nitrogens is 3. The lowest BCUT2D eigenvalue weighted by atomic mass is 9.90. The summed E-state index contributed by atoms with van der Waals surface area (Å²) in [6, 6.07) is 1.14. The number of anilines is 1. The molecule has 3 heterocycles. The Morgan fingerprint density at radius 2 is 1.92 bits per heavy atom. The van der Waals surface area contributed by atoms with Crippen molar-refractivity contribution in [1.82, 2.24) is 19.2 Å². The number of fused-ring (bicyclic) bond motifs is 1. The van der Waals surface area contributed by atoms with E-state index in [-0.39, 0.29) is 5.28 Å². The lowest BCUT2D eigenvalue weighted by Crippen LogP contribution is -2.46.